The lowest BCUT2D eigenvalue weighted by Crippen LogP contribution is -2.21. The van der Waals surface area contributed by atoms with Crippen molar-refractivity contribution in [3.05, 3.63) is 76.3 Å². The number of nitrogens with zero attached hydrogens (tertiary/aromatic N) is 2. The molecule has 1 amide bonds. The van der Waals surface area contributed by atoms with Gasteiger partial charge in [0.25, 0.3) is 5.91 Å². The van der Waals surface area contributed by atoms with Gasteiger partial charge in [-0.2, -0.15) is 31.4 Å². The summed E-state index contributed by atoms with van der Waals surface area (Å²) in [7, 11) is 0. The molecule has 0 saturated carbocycles. The first-order valence-electron chi connectivity index (χ1n) is 7.97. The molecule has 0 unspecified atom stereocenters. The Morgan fingerprint density at radius 3 is 2.17 bits per heavy atom. The van der Waals surface area contributed by atoms with Gasteiger partial charge in [-0.3, -0.25) is 4.79 Å². The quantitative estimate of drug-likeness (QED) is 0.500. The Morgan fingerprint density at radius 1 is 0.967 bits per heavy atom. The standard InChI is InChI=1S/C18H9ClF7N3O/c19-14-6-3-10(7-13(14)17(21,22)23)28-16(30)12-8-27-29(15(12)18(24,25)26)11-4-1-9(20)2-5-11/h1-8H,(H,28,30). The Morgan fingerprint density at radius 2 is 1.60 bits per heavy atom. The molecule has 3 rings (SSSR count). The Hall–Kier alpha value is -3.08. The number of anilines is 1. The Bertz CT molecular complexity index is 1090. The third-order valence-corrected chi connectivity index (χ3v) is 4.21. The second-order valence-electron chi connectivity index (χ2n) is 5.94. The number of nitrogens with one attached hydrogen (secondary N) is 1. The van der Waals surface area contributed by atoms with Crippen LogP contribution in [0.3, 0.4) is 0 Å². The second-order valence-corrected chi connectivity index (χ2v) is 6.35. The molecule has 0 radical (unpaired) electrons. The first-order valence-corrected chi connectivity index (χ1v) is 8.35. The van der Waals surface area contributed by atoms with Gasteiger partial charge in [-0.1, -0.05) is 11.6 Å². The van der Waals surface area contributed by atoms with Crippen LogP contribution in [0.2, 0.25) is 5.02 Å². The van der Waals surface area contributed by atoms with Crippen molar-refractivity contribution in [2.75, 3.05) is 5.32 Å². The van der Waals surface area contributed by atoms with Gasteiger partial charge in [-0.05, 0) is 42.5 Å². The van der Waals surface area contributed by atoms with Crippen LogP contribution in [0.25, 0.3) is 5.69 Å². The highest BCUT2D eigenvalue weighted by atomic mass is 35.5. The van der Waals surface area contributed by atoms with E-state index in [0.717, 1.165) is 36.4 Å². The normalized spacial score (nSPS) is 12.1. The van der Waals surface area contributed by atoms with Gasteiger partial charge in [0, 0.05) is 5.69 Å². The van der Waals surface area contributed by atoms with Gasteiger partial charge in [-0.15, -0.1) is 0 Å². The monoisotopic (exact) mass is 451 g/mol. The highest BCUT2D eigenvalue weighted by molar-refractivity contribution is 6.31. The first-order chi connectivity index (χ1) is 13.9. The summed E-state index contributed by atoms with van der Waals surface area (Å²) in [5.74, 6) is -2.04. The largest absolute Gasteiger partial charge is 0.434 e. The summed E-state index contributed by atoms with van der Waals surface area (Å²) in [6.45, 7) is 0. The zero-order chi connectivity index (χ0) is 22.3. The van der Waals surface area contributed by atoms with E-state index in [1.54, 1.807) is 0 Å². The topological polar surface area (TPSA) is 46.9 Å². The lowest BCUT2D eigenvalue weighted by Gasteiger charge is -2.14. The minimum absolute atomic E-state index is 0.173. The van der Waals surface area contributed by atoms with E-state index in [9.17, 15) is 35.5 Å². The molecule has 0 aliphatic heterocycles. The van der Waals surface area contributed by atoms with Crippen molar-refractivity contribution in [1.82, 2.24) is 9.78 Å². The van der Waals surface area contributed by atoms with Crippen molar-refractivity contribution in [1.29, 1.82) is 0 Å². The maximum Gasteiger partial charge on any atom is 0.434 e. The first kappa shape index (κ1) is 21.6. The average molecular weight is 452 g/mol. The van der Waals surface area contributed by atoms with Crippen molar-refractivity contribution in [3.63, 3.8) is 0 Å². The molecule has 30 heavy (non-hydrogen) atoms. The maximum absolute atomic E-state index is 13.6. The minimum Gasteiger partial charge on any atom is -0.322 e. The summed E-state index contributed by atoms with van der Waals surface area (Å²) in [6.07, 6.45) is -9.26. The van der Waals surface area contributed by atoms with E-state index in [1.165, 1.54) is 0 Å². The summed E-state index contributed by atoms with van der Waals surface area (Å²) in [4.78, 5) is 12.4. The van der Waals surface area contributed by atoms with Crippen LogP contribution in [0.1, 0.15) is 21.6 Å². The lowest BCUT2D eigenvalue weighted by molar-refractivity contribution is -0.143. The molecular weight excluding hydrogens is 443 g/mol. The molecule has 0 spiro atoms. The summed E-state index contributed by atoms with van der Waals surface area (Å²) in [6, 6.07) is 6.21. The molecule has 12 heteroatoms. The molecule has 0 aliphatic rings. The molecular formula is C18H9ClF7N3O. The van der Waals surface area contributed by atoms with E-state index in [2.05, 4.69) is 5.10 Å². The molecule has 0 bridgehead atoms. The minimum atomic E-state index is -5.05. The van der Waals surface area contributed by atoms with Gasteiger partial charge in [-0.25, -0.2) is 9.07 Å². The molecule has 2 aromatic carbocycles. The Balaban J connectivity index is 2.00. The van der Waals surface area contributed by atoms with Crippen LogP contribution in [0.5, 0.6) is 0 Å². The fourth-order valence-corrected chi connectivity index (χ4v) is 2.81. The SMILES string of the molecule is O=C(Nc1ccc(Cl)c(C(F)(F)F)c1)c1cnn(-c2ccc(F)cc2)c1C(F)(F)F. The number of carbonyl (C=O) groups excluding carboxylic acids is 1. The third-order valence-electron chi connectivity index (χ3n) is 3.88. The molecule has 4 nitrogen and oxygen atoms in total. The zero-order valence-corrected chi connectivity index (χ0v) is 15.2. The molecule has 1 heterocycles. The Kier molecular flexibility index (Phi) is 5.50. The van der Waals surface area contributed by atoms with Crippen LogP contribution in [-0.4, -0.2) is 15.7 Å². The number of benzene rings is 2. The van der Waals surface area contributed by atoms with Crippen LogP contribution in [0.15, 0.2) is 48.7 Å². The number of alkyl halides is 6. The number of hydrogen-bond acceptors (Lipinski definition) is 2. The average Bonchev–Trinajstić information content (AvgIpc) is 3.08. The number of hydrogen-bond donors (Lipinski definition) is 1. The second kappa shape index (κ2) is 7.63. The lowest BCUT2D eigenvalue weighted by atomic mass is 10.1. The van der Waals surface area contributed by atoms with Gasteiger partial charge < -0.3 is 5.32 Å². The van der Waals surface area contributed by atoms with E-state index < -0.39 is 51.6 Å². The molecule has 3 aromatic rings. The van der Waals surface area contributed by atoms with Crippen LogP contribution < -0.4 is 5.32 Å². The van der Waals surface area contributed by atoms with Crippen molar-refractivity contribution < 1.29 is 35.5 Å². The van der Waals surface area contributed by atoms with Gasteiger partial charge in [0.1, 0.15) is 5.82 Å². The highest BCUT2D eigenvalue weighted by Gasteiger charge is 2.41. The summed E-state index contributed by atoms with van der Waals surface area (Å²) >= 11 is 5.48. The van der Waals surface area contributed by atoms with E-state index in [1.807, 2.05) is 5.32 Å². The summed E-state index contributed by atoms with van der Waals surface area (Å²) in [5.41, 5.74) is -4.26. The predicted octanol–water partition coefficient (Wildman–Crippen LogP) is 5.95. The Labute approximate surface area is 168 Å². The summed E-state index contributed by atoms with van der Waals surface area (Å²) < 4.78 is 93.1. The molecule has 0 atom stereocenters. The number of halogens is 8. The third kappa shape index (κ3) is 4.40. The zero-order valence-electron chi connectivity index (χ0n) is 14.4. The van der Waals surface area contributed by atoms with E-state index >= 15 is 0 Å². The molecule has 0 aliphatic carbocycles. The number of amides is 1. The van der Waals surface area contributed by atoms with Gasteiger partial charge >= 0.3 is 12.4 Å². The highest BCUT2D eigenvalue weighted by Crippen LogP contribution is 2.37. The molecule has 1 N–H and O–H groups in total. The van der Waals surface area contributed by atoms with E-state index in [4.69, 9.17) is 11.6 Å². The molecule has 1 aromatic heterocycles. The maximum atomic E-state index is 13.6. The van der Waals surface area contributed by atoms with Crippen LogP contribution >= 0.6 is 11.6 Å². The number of carbonyl (C=O) groups is 1. The molecule has 0 fully saturated rings. The van der Waals surface area contributed by atoms with Gasteiger partial charge in [0.05, 0.1) is 28.0 Å². The predicted molar refractivity (Wildman–Crippen MR) is 92.9 cm³/mol. The van der Waals surface area contributed by atoms with E-state index in [-0.39, 0.29) is 5.69 Å². The fourth-order valence-electron chi connectivity index (χ4n) is 2.58. The van der Waals surface area contributed by atoms with Crippen LogP contribution in [-0.2, 0) is 12.4 Å². The van der Waals surface area contributed by atoms with Crippen molar-refractivity contribution >= 4 is 23.2 Å². The van der Waals surface area contributed by atoms with Crippen LogP contribution in [0.4, 0.5) is 36.4 Å². The van der Waals surface area contributed by atoms with Gasteiger partial charge in [0.2, 0.25) is 0 Å². The number of aromatic nitrogens is 2. The number of rotatable bonds is 3. The smallest absolute Gasteiger partial charge is 0.322 e. The summed E-state index contributed by atoms with van der Waals surface area (Å²) in [5, 5.41) is 4.86. The van der Waals surface area contributed by atoms with Crippen molar-refractivity contribution in [2.45, 2.75) is 12.4 Å². The van der Waals surface area contributed by atoms with Gasteiger partial charge in [0.15, 0.2) is 5.69 Å². The van der Waals surface area contributed by atoms with E-state index in [0.29, 0.717) is 16.9 Å². The molecule has 0 saturated heterocycles. The van der Waals surface area contributed by atoms with Crippen LogP contribution in [0, 0.1) is 5.82 Å². The molecule has 158 valence electrons. The van der Waals surface area contributed by atoms with Crippen molar-refractivity contribution in [3.8, 4) is 5.69 Å². The van der Waals surface area contributed by atoms with Crippen molar-refractivity contribution in [2.24, 2.45) is 0 Å². The fraction of sp³-hybridized carbons (Fsp3) is 0.111.